The molecular weight excluding hydrogens is 384 g/mol. The third-order valence-corrected chi connectivity index (χ3v) is 5.06. The number of hydrogen-bond donors (Lipinski definition) is 1. The van der Waals surface area contributed by atoms with Crippen molar-refractivity contribution in [3.63, 3.8) is 0 Å². The van der Waals surface area contributed by atoms with E-state index in [0.717, 1.165) is 37.2 Å². The Bertz CT molecular complexity index is 976. The fourth-order valence-corrected chi connectivity index (χ4v) is 3.58. The molecule has 0 radical (unpaired) electrons. The van der Waals surface area contributed by atoms with E-state index in [1.54, 1.807) is 4.52 Å². The second-order valence-electron chi connectivity index (χ2n) is 7.72. The van der Waals surface area contributed by atoms with Crippen molar-refractivity contribution < 1.29 is 14.2 Å². The lowest BCUT2D eigenvalue weighted by molar-refractivity contribution is 0.0160. The minimum atomic E-state index is -0.134. The number of nitrogens with zero attached hydrogens (tertiary/aromatic N) is 5. The van der Waals surface area contributed by atoms with Gasteiger partial charge in [0.25, 0.3) is 0 Å². The van der Waals surface area contributed by atoms with Gasteiger partial charge in [-0.3, -0.25) is 0 Å². The second-order valence-corrected chi connectivity index (χ2v) is 7.72. The van der Waals surface area contributed by atoms with Crippen LogP contribution in [0.5, 0.6) is 5.75 Å². The number of aromatic nitrogens is 5. The Morgan fingerprint density at radius 3 is 2.80 bits per heavy atom. The van der Waals surface area contributed by atoms with Gasteiger partial charge >= 0.3 is 0 Å². The third-order valence-electron chi connectivity index (χ3n) is 5.06. The molecule has 1 saturated heterocycles. The first kappa shape index (κ1) is 20.6. The second kappa shape index (κ2) is 9.01. The standard InChI is InChI=1S/C21H30N6O3/c1-5-29-15(4)27-13-16(12-22-27)18-6-9-26-20(19(18)30-14(2)3)24-21(25-26)23-17-7-10-28-11-8-17/h6,9,12-15,17H,5,7-8,10-11H2,1-4H3,(H,23,25). The van der Waals surface area contributed by atoms with Crippen LogP contribution in [0.1, 0.15) is 46.8 Å². The average Bonchev–Trinajstić information content (AvgIpc) is 3.36. The fourth-order valence-electron chi connectivity index (χ4n) is 3.58. The molecule has 3 aromatic rings. The molecule has 0 amide bonds. The minimum Gasteiger partial charge on any atom is -0.486 e. The van der Waals surface area contributed by atoms with Crippen molar-refractivity contribution in [3.8, 4) is 16.9 Å². The first-order chi connectivity index (χ1) is 14.5. The maximum atomic E-state index is 6.19. The summed E-state index contributed by atoms with van der Waals surface area (Å²) in [6.07, 6.45) is 7.47. The molecule has 1 fully saturated rings. The Labute approximate surface area is 176 Å². The predicted molar refractivity (Wildman–Crippen MR) is 114 cm³/mol. The quantitative estimate of drug-likeness (QED) is 0.603. The maximum Gasteiger partial charge on any atom is 0.243 e. The van der Waals surface area contributed by atoms with Crippen molar-refractivity contribution in [2.75, 3.05) is 25.1 Å². The zero-order valence-electron chi connectivity index (χ0n) is 18.0. The zero-order valence-corrected chi connectivity index (χ0v) is 18.0. The summed E-state index contributed by atoms with van der Waals surface area (Å²) in [5, 5.41) is 12.5. The molecule has 1 unspecified atom stereocenters. The highest BCUT2D eigenvalue weighted by Gasteiger charge is 2.20. The number of nitrogens with one attached hydrogen (secondary N) is 1. The summed E-state index contributed by atoms with van der Waals surface area (Å²) < 4.78 is 20.8. The molecule has 1 atom stereocenters. The van der Waals surface area contributed by atoms with E-state index in [2.05, 4.69) is 15.5 Å². The topological polar surface area (TPSA) is 87.7 Å². The first-order valence-electron chi connectivity index (χ1n) is 10.6. The van der Waals surface area contributed by atoms with Crippen LogP contribution in [0.3, 0.4) is 0 Å². The summed E-state index contributed by atoms with van der Waals surface area (Å²) in [5.41, 5.74) is 2.55. The van der Waals surface area contributed by atoms with Gasteiger partial charge in [0.15, 0.2) is 11.4 Å². The molecule has 4 rings (SSSR count). The van der Waals surface area contributed by atoms with Crippen LogP contribution < -0.4 is 10.1 Å². The van der Waals surface area contributed by atoms with E-state index < -0.39 is 0 Å². The zero-order chi connectivity index (χ0) is 21.1. The number of fused-ring (bicyclic) bond motifs is 1. The molecule has 4 heterocycles. The van der Waals surface area contributed by atoms with Crippen LogP contribution in [-0.4, -0.2) is 56.3 Å². The fraction of sp³-hybridized carbons (Fsp3) is 0.571. The summed E-state index contributed by atoms with van der Waals surface area (Å²) in [6, 6.07) is 2.31. The van der Waals surface area contributed by atoms with E-state index in [0.29, 0.717) is 30.0 Å². The number of hydrogen-bond acceptors (Lipinski definition) is 7. The van der Waals surface area contributed by atoms with Crippen LogP contribution in [0.25, 0.3) is 16.8 Å². The summed E-state index contributed by atoms with van der Waals surface area (Å²) in [7, 11) is 0. The molecule has 9 nitrogen and oxygen atoms in total. The van der Waals surface area contributed by atoms with Crippen LogP contribution in [0, 0.1) is 0 Å². The molecule has 0 aromatic carbocycles. The molecule has 0 aliphatic carbocycles. The molecule has 162 valence electrons. The van der Waals surface area contributed by atoms with Gasteiger partial charge in [0.1, 0.15) is 6.23 Å². The number of rotatable bonds is 8. The first-order valence-corrected chi connectivity index (χ1v) is 10.6. The van der Waals surface area contributed by atoms with Crippen LogP contribution in [-0.2, 0) is 9.47 Å². The SMILES string of the molecule is CCOC(C)n1cc(-c2ccn3nc(NC4CCOCC4)nc3c2OC(C)C)cn1. The molecule has 0 spiro atoms. The highest BCUT2D eigenvalue weighted by atomic mass is 16.5. The Morgan fingerprint density at radius 1 is 1.27 bits per heavy atom. The van der Waals surface area contributed by atoms with Gasteiger partial charge < -0.3 is 19.5 Å². The Balaban J connectivity index is 1.68. The Kier molecular flexibility index (Phi) is 6.19. The van der Waals surface area contributed by atoms with Crippen molar-refractivity contribution in [2.24, 2.45) is 0 Å². The monoisotopic (exact) mass is 414 g/mol. The van der Waals surface area contributed by atoms with Gasteiger partial charge in [-0.1, -0.05) is 0 Å². The molecule has 9 heteroatoms. The molecule has 1 N–H and O–H groups in total. The van der Waals surface area contributed by atoms with Crippen molar-refractivity contribution in [1.82, 2.24) is 24.4 Å². The van der Waals surface area contributed by atoms with E-state index in [4.69, 9.17) is 19.2 Å². The molecule has 0 saturated carbocycles. The molecule has 1 aliphatic heterocycles. The van der Waals surface area contributed by atoms with Gasteiger partial charge in [-0.15, -0.1) is 5.10 Å². The summed E-state index contributed by atoms with van der Waals surface area (Å²) >= 11 is 0. The van der Waals surface area contributed by atoms with E-state index in [-0.39, 0.29) is 12.3 Å². The smallest absolute Gasteiger partial charge is 0.243 e. The largest absolute Gasteiger partial charge is 0.486 e. The lowest BCUT2D eigenvalue weighted by atomic mass is 10.1. The number of anilines is 1. The Morgan fingerprint density at radius 2 is 2.07 bits per heavy atom. The molecule has 0 bridgehead atoms. The van der Waals surface area contributed by atoms with Gasteiger partial charge in [-0.05, 0) is 46.6 Å². The molecular formula is C21H30N6O3. The van der Waals surface area contributed by atoms with Crippen molar-refractivity contribution in [3.05, 3.63) is 24.7 Å². The summed E-state index contributed by atoms with van der Waals surface area (Å²) in [4.78, 5) is 4.74. The lowest BCUT2D eigenvalue weighted by Crippen LogP contribution is -2.28. The van der Waals surface area contributed by atoms with E-state index in [1.807, 2.05) is 57.0 Å². The highest BCUT2D eigenvalue weighted by molar-refractivity contribution is 5.77. The number of ether oxygens (including phenoxy) is 3. The van der Waals surface area contributed by atoms with Gasteiger partial charge in [0.05, 0.1) is 12.3 Å². The van der Waals surface area contributed by atoms with Crippen LogP contribution in [0.15, 0.2) is 24.7 Å². The van der Waals surface area contributed by atoms with Crippen molar-refractivity contribution in [2.45, 2.75) is 58.9 Å². The van der Waals surface area contributed by atoms with Crippen LogP contribution in [0.4, 0.5) is 5.95 Å². The summed E-state index contributed by atoms with van der Waals surface area (Å²) in [5.74, 6) is 1.30. The maximum absolute atomic E-state index is 6.19. The van der Waals surface area contributed by atoms with Gasteiger partial charge in [0.2, 0.25) is 5.95 Å². The van der Waals surface area contributed by atoms with Crippen molar-refractivity contribution in [1.29, 1.82) is 0 Å². The number of pyridine rings is 1. The molecule has 3 aromatic heterocycles. The summed E-state index contributed by atoms with van der Waals surface area (Å²) in [6.45, 7) is 10.1. The average molecular weight is 415 g/mol. The normalized spacial score (nSPS) is 16.3. The van der Waals surface area contributed by atoms with E-state index >= 15 is 0 Å². The third kappa shape index (κ3) is 4.41. The predicted octanol–water partition coefficient (Wildman–Crippen LogP) is 3.53. The minimum absolute atomic E-state index is 0.00375. The van der Waals surface area contributed by atoms with Crippen LogP contribution in [0.2, 0.25) is 0 Å². The molecule has 30 heavy (non-hydrogen) atoms. The Hall–Kier alpha value is -2.65. The van der Waals surface area contributed by atoms with E-state index in [1.165, 1.54) is 0 Å². The van der Waals surface area contributed by atoms with Gasteiger partial charge in [-0.25, -0.2) is 9.20 Å². The lowest BCUT2D eigenvalue weighted by Gasteiger charge is -2.22. The van der Waals surface area contributed by atoms with Crippen LogP contribution >= 0.6 is 0 Å². The van der Waals surface area contributed by atoms with Gasteiger partial charge in [0, 0.05) is 49.4 Å². The highest BCUT2D eigenvalue weighted by Crippen LogP contribution is 2.34. The molecule has 1 aliphatic rings. The van der Waals surface area contributed by atoms with E-state index in [9.17, 15) is 0 Å². The van der Waals surface area contributed by atoms with Crippen molar-refractivity contribution >= 4 is 11.6 Å². The van der Waals surface area contributed by atoms with Gasteiger partial charge in [-0.2, -0.15) is 10.1 Å².